The molecule has 28 heavy (non-hydrogen) atoms. The maximum Gasteiger partial charge on any atom is 0.573 e. The average Bonchev–Trinajstić information content (AvgIpc) is 3.05. The molecule has 0 bridgehead atoms. The highest BCUT2D eigenvalue weighted by Gasteiger charge is 2.32. The summed E-state index contributed by atoms with van der Waals surface area (Å²) < 4.78 is 42.4. The Labute approximate surface area is 157 Å². The predicted octanol–water partition coefficient (Wildman–Crippen LogP) is 3.95. The molecule has 0 fully saturated rings. The Morgan fingerprint density at radius 2 is 1.79 bits per heavy atom. The molecule has 9 heteroatoms. The molecule has 1 aliphatic heterocycles. The van der Waals surface area contributed by atoms with Crippen molar-refractivity contribution >= 4 is 11.7 Å². The molecule has 4 rings (SSSR count). The molecule has 6 nitrogen and oxygen atoms in total. The van der Waals surface area contributed by atoms with Gasteiger partial charge in [0.2, 0.25) is 5.91 Å². The van der Waals surface area contributed by atoms with Gasteiger partial charge in [0.15, 0.2) is 0 Å². The maximum absolute atomic E-state index is 12.3. The van der Waals surface area contributed by atoms with E-state index < -0.39 is 6.36 Å². The van der Waals surface area contributed by atoms with Gasteiger partial charge in [-0.25, -0.2) is 4.98 Å². The summed E-state index contributed by atoms with van der Waals surface area (Å²) in [6.07, 6.45) is -3.06. The minimum atomic E-state index is -4.76. The number of alkyl halides is 3. The first-order valence-corrected chi connectivity index (χ1v) is 8.32. The van der Waals surface area contributed by atoms with Crippen LogP contribution in [0.4, 0.5) is 19.0 Å². The number of fused-ring (bicyclic) bond motifs is 1. The van der Waals surface area contributed by atoms with Crippen LogP contribution in [0.15, 0.2) is 54.9 Å². The molecule has 1 aromatic heterocycles. The number of benzene rings is 2. The summed E-state index contributed by atoms with van der Waals surface area (Å²) in [5, 5.41) is 12.2. The first-order chi connectivity index (χ1) is 13.3. The van der Waals surface area contributed by atoms with E-state index in [4.69, 9.17) is 0 Å². The number of nitrogens with zero attached hydrogens (tertiary/aromatic N) is 2. The number of hydrogen-bond acceptors (Lipinski definition) is 4. The molecule has 1 amide bonds. The summed E-state index contributed by atoms with van der Waals surface area (Å²) in [5.41, 5.74) is 1.99. The van der Waals surface area contributed by atoms with Crippen molar-refractivity contribution in [3.63, 3.8) is 0 Å². The Morgan fingerprint density at radius 1 is 1.11 bits per heavy atom. The van der Waals surface area contributed by atoms with Crippen molar-refractivity contribution in [3.05, 3.63) is 66.1 Å². The molecule has 144 valence electrons. The molecule has 3 aromatic rings. The van der Waals surface area contributed by atoms with Crippen molar-refractivity contribution in [2.24, 2.45) is 0 Å². The molecule has 0 radical (unpaired) electrons. The van der Waals surface area contributed by atoms with Crippen molar-refractivity contribution < 1.29 is 27.8 Å². The molecule has 2 heterocycles. The van der Waals surface area contributed by atoms with Crippen LogP contribution in [-0.2, 0) is 4.79 Å². The first-order valence-electron chi connectivity index (χ1n) is 8.32. The van der Waals surface area contributed by atoms with Crippen molar-refractivity contribution in [2.75, 3.05) is 5.32 Å². The number of anilines is 1. The van der Waals surface area contributed by atoms with Crippen LogP contribution in [0.2, 0.25) is 0 Å². The monoisotopic (exact) mass is 389 g/mol. The number of phenols is 1. The number of carbonyl (C=O) groups excluding carboxylic acids is 1. The minimum absolute atomic E-state index is 0.121. The number of ether oxygens (including phenoxy) is 1. The summed E-state index contributed by atoms with van der Waals surface area (Å²) in [5.74, 6) is -0.256. The number of rotatable bonds is 3. The fourth-order valence-corrected chi connectivity index (χ4v) is 3.19. The van der Waals surface area contributed by atoms with Crippen molar-refractivity contribution in [1.82, 2.24) is 9.55 Å². The first kappa shape index (κ1) is 17.9. The Hall–Kier alpha value is -3.49. The molecular weight excluding hydrogens is 375 g/mol. The molecule has 0 unspecified atom stereocenters. The van der Waals surface area contributed by atoms with Crippen LogP contribution in [-0.4, -0.2) is 26.9 Å². The summed E-state index contributed by atoms with van der Waals surface area (Å²) in [6.45, 7) is 0. The zero-order valence-electron chi connectivity index (χ0n) is 14.3. The number of imidazole rings is 1. The van der Waals surface area contributed by atoms with Crippen LogP contribution >= 0.6 is 0 Å². The van der Waals surface area contributed by atoms with Gasteiger partial charge in [-0.05, 0) is 42.0 Å². The van der Waals surface area contributed by atoms with E-state index >= 15 is 0 Å². The number of amides is 1. The summed E-state index contributed by atoms with van der Waals surface area (Å²) >= 11 is 0. The van der Waals surface area contributed by atoms with Gasteiger partial charge in [0.05, 0.1) is 5.69 Å². The normalized spacial score (nSPS) is 16.4. The molecule has 2 aromatic carbocycles. The van der Waals surface area contributed by atoms with E-state index in [9.17, 15) is 23.1 Å². The zero-order valence-corrected chi connectivity index (χ0v) is 14.3. The van der Waals surface area contributed by atoms with Gasteiger partial charge in [-0.2, -0.15) is 0 Å². The Morgan fingerprint density at radius 3 is 2.43 bits per heavy atom. The summed E-state index contributed by atoms with van der Waals surface area (Å²) in [6, 6.07) is 11.8. The van der Waals surface area contributed by atoms with E-state index in [0.717, 1.165) is 5.56 Å². The number of hydrogen-bond donors (Lipinski definition) is 2. The van der Waals surface area contributed by atoms with Crippen LogP contribution in [0.1, 0.15) is 23.6 Å². The number of phenolic OH excluding ortho intramolecular Hbond substituents is 1. The number of aromatic nitrogens is 2. The second kappa shape index (κ2) is 6.59. The lowest BCUT2D eigenvalue weighted by atomic mass is 9.90. The Kier molecular flexibility index (Phi) is 4.21. The van der Waals surface area contributed by atoms with Crippen LogP contribution in [0.5, 0.6) is 11.5 Å². The second-order valence-corrected chi connectivity index (χ2v) is 6.29. The third-order valence-corrected chi connectivity index (χ3v) is 4.42. The van der Waals surface area contributed by atoms with E-state index in [2.05, 4.69) is 15.0 Å². The van der Waals surface area contributed by atoms with E-state index in [1.165, 1.54) is 42.7 Å². The third-order valence-electron chi connectivity index (χ3n) is 4.42. The molecule has 2 N–H and O–H groups in total. The lowest BCUT2D eigenvalue weighted by Gasteiger charge is -2.23. The molecule has 0 aliphatic carbocycles. The summed E-state index contributed by atoms with van der Waals surface area (Å²) in [7, 11) is 0. The van der Waals surface area contributed by atoms with Gasteiger partial charge >= 0.3 is 6.36 Å². The van der Waals surface area contributed by atoms with Crippen LogP contribution in [0.3, 0.4) is 0 Å². The molecule has 1 aliphatic rings. The number of halogens is 3. The minimum Gasteiger partial charge on any atom is -0.508 e. The zero-order chi connectivity index (χ0) is 19.9. The second-order valence-electron chi connectivity index (χ2n) is 6.29. The molecule has 0 spiro atoms. The van der Waals surface area contributed by atoms with E-state index in [-0.39, 0.29) is 29.7 Å². The highest BCUT2D eigenvalue weighted by atomic mass is 19.4. The lowest BCUT2D eigenvalue weighted by molar-refractivity contribution is -0.274. The molecule has 1 atom stereocenters. The van der Waals surface area contributed by atoms with Crippen molar-refractivity contribution in [2.45, 2.75) is 18.7 Å². The lowest BCUT2D eigenvalue weighted by Crippen LogP contribution is -2.24. The van der Waals surface area contributed by atoms with Crippen molar-refractivity contribution in [3.8, 4) is 17.2 Å². The van der Waals surface area contributed by atoms with Gasteiger partial charge in [0.1, 0.15) is 23.6 Å². The number of nitrogens with one attached hydrogen (secondary N) is 1. The SMILES string of the molecule is O=C1C[C@H](c2ccc(O)cc2)c2ncn(-c3ccc(OC(F)(F)F)cc3)c2N1. The van der Waals surface area contributed by atoms with Gasteiger partial charge in [0, 0.05) is 18.0 Å². The molecule has 0 saturated heterocycles. The summed E-state index contributed by atoms with van der Waals surface area (Å²) in [4.78, 5) is 16.6. The van der Waals surface area contributed by atoms with E-state index in [1.54, 1.807) is 16.7 Å². The van der Waals surface area contributed by atoms with Gasteiger partial charge in [-0.3, -0.25) is 9.36 Å². The van der Waals surface area contributed by atoms with Crippen molar-refractivity contribution in [1.29, 1.82) is 0 Å². The number of carbonyl (C=O) groups is 1. The number of aromatic hydroxyl groups is 1. The quantitative estimate of drug-likeness (QED) is 0.711. The van der Waals surface area contributed by atoms with Crippen LogP contribution in [0.25, 0.3) is 5.69 Å². The third kappa shape index (κ3) is 3.51. The van der Waals surface area contributed by atoms with Crippen LogP contribution < -0.4 is 10.1 Å². The Bertz CT molecular complexity index is 1010. The van der Waals surface area contributed by atoms with E-state index in [1.807, 2.05) is 0 Å². The topological polar surface area (TPSA) is 76.4 Å². The van der Waals surface area contributed by atoms with Gasteiger partial charge < -0.3 is 15.2 Å². The fraction of sp³-hybridized carbons (Fsp3) is 0.158. The largest absolute Gasteiger partial charge is 0.573 e. The average molecular weight is 389 g/mol. The molecular formula is C19H14F3N3O3. The van der Waals surface area contributed by atoms with Gasteiger partial charge in [0.25, 0.3) is 0 Å². The highest BCUT2D eigenvalue weighted by Crippen LogP contribution is 2.38. The van der Waals surface area contributed by atoms with Crippen LogP contribution in [0, 0.1) is 0 Å². The predicted molar refractivity (Wildman–Crippen MR) is 93.4 cm³/mol. The fourth-order valence-electron chi connectivity index (χ4n) is 3.19. The van der Waals surface area contributed by atoms with E-state index in [0.29, 0.717) is 17.2 Å². The Balaban J connectivity index is 1.68. The highest BCUT2D eigenvalue weighted by molar-refractivity contribution is 5.94. The van der Waals surface area contributed by atoms with Gasteiger partial charge in [-0.1, -0.05) is 12.1 Å². The molecule has 0 saturated carbocycles. The maximum atomic E-state index is 12.3. The van der Waals surface area contributed by atoms with Gasteiger partial charge in [-0.15, -0.1) is 13.2 Å². The standard InChI is InChI=1S/C19H14F3N3O3/c20-19(21,22)28-14-7-3-12(4-8-14)25-10-23-17-15(9-16(27)24-18(17)25)11-1-5-13(26)6-2-11/h1-8,10,15,26H,9H2,(H,24,27)/t15-/m1/s1. The smallest absolute Gasteiger partial charge is 0.508 e.